The molecule has 1 N–H and O–H groups in total. The van der Waals surface area contributed by atoms with Crippen LogP contribution in [0.5, 0.6) is 0 Å². The summed E-state index contributed by atoms with van der Waals surface area (Å²) in [6.07, 6.45) is 1.10. The summed E-state index contributed by atoms with van der Waals surface area (Å²) in [7, 11) is -2.53. The van der Waals surface area contributed by atoms with Gasteiger partial charge < -0.3 is 23.3 Å². The van der Waals surface area contributed by atoms with Crippen LogP contribution in [0.2, 0.25) is 0 Å². The van der Waals surface area contributed by atoms with Crippen molar-refractivity contribution < 1.29 is 32.7 Å². The minimum atomic E-state index is -3.75. The summed E-state index contributed by atoms with van der Waals surface area (Å²) in [5.41, 5.74) is 0.107. The molecule has 1 unspecified atom stereocenters. The topological polar surface area (TPSA) is 95.2 Å². The summed E-state index contributed by atoms with van der Waals surface area (Å²) in [6, 6.07) is 1.24. The lowest BCUT2D eigenvalue weighted by Gasteiger charge is -2.20. The van der Waals surface area contributed by atoms with Gasteiger partial charge in [0.05, 0.1) is 25.9 Å². The molecule has 0 saturated heterocycles. The number of ether oxygens (including phenoxy) is 1. The fourth-order valence-corrected chi connectivity index (χ4v) is 2.93. The van der Waals surface area contributed by atoms with E-state index >= 15 is 0 Å². The van der Waals surface area contributed by atoms with Gasteiger partial charge in [-0.15, -0.1) is 0 Å². The van der Waals surface area contributed by atoms with Gasteiger partial charge in [-0.05, 0) is 19.9 Å². The first kappa shape index (κ1) is 15.9. The third kappa shape index (κ3) is 3.67. The number of esters is 1. The Balaban J connectivity index is 2.97. The van der Waals surface area contributed by atoms with Gasteiger partial charge in [0.15, 0.2) is 0 Å². The number of carbonyl (C=O) groups is 1. The van der Waals surface area contributed by atoms with Crippen LogP contribution in [-0.2, 0) is 18.3 Å². The third-order valence-electron chi connectivity index (χ3n) is 2.21. The summed E-state index contributed by atoms with van der Waals surface area (Å²) in [5, 5.41) is 10.0. The SMILES string of the molecule is CCOP(=O)(OCC)C(O)c1cc(C(=O)OC)co1. The summed E-state index contributed by atoms with van der Waals surface area (Å²) < 4.78 is 31.8. The van der Waals surface area contributed by atoms with E-state index < -0.39 is 19.4 Å². The van der Waals surface area contributed by atoms with Gasteiger partial charge in [0, 0.05) is 0 Å². The number of hydrogen-bond acceptors (Lipinski definition) is 7. The molecule has 8 heteroatoms. The number of carbonyl (C=O) groups excluding carboxylic acids is 1. The van der Waals surface area contributed by atoms with Crippen molar-refractivity contribution in [3.63, 3.8) is 0 Å². The average Bonchev–Trinajstić information content (AvgIpc) is 2.87. The van der Waals surface area contributed by atoms with Crippen LogP contribution in [0.15, 0.2) is 16.7 Å². The second-order valence-corrected chi connectivity index (χ2v) is 5.56. The Morgan fingerprint density at radius 2 is 2.00 bits per heavy atom. The first-order valence-electron chi connectivity index (χ1n) is 5.72. The van der Waals surface area contributed by atoms with Gasteiger partial charge in [-0.2, -0.15) is 0 Å². The average molecular weight is 292 g/mol. The van der Waals surface area contributed by atoms with Crippen LogP contribution in [0.4, 0.5) is 0 Å². The molecule has 0 aliphatic rings. The van der Waals surface area contributed by atoms with Gasteiger partial charge in [-0.1, -0.05) is 0 Å². The maximum atomic E-state index is 12.3. The molecular weight excluding hydrogens is 275 g/mol. The van der Waals surface area contributed by atoms with E-state index in [4.69, 9.17) is 13.5 Å². The lowest BCUT2D eigenvalue weighted by Crippen LogP contribution is -2.05. The second-order valence-electron chi connectivity index (χ2n) is 3.48. The Morgan fingerprint density at radius 1 is 1.42 bits per heavy atom. The standard InChI is InChI=1S/C11H17O7P/c1-4-17-19(14,18-5-2)11(13)9-6-8(7-16-9)10(12)15-3/h6-7,11,13H,4-5H2,1-3H3. The molecule has 0 aliphatic heterocycles. The lowest BCUT2D eigenvalue weighted by molar-refractivity contribution is 0.0600. The second kappa shape index (κ2) is 6.86. The number of aliphatic hydroxyl groups is 1. The molecule has 19 heavy (non-hydrogen) atoms. The van der Waals surface area contributed by atoms with E-state index in [9.17, 15) is 14.5 Å². The van der Waals surface area contributed by atoms with Gasteiger partial charge in [0.1, 0.15) is 12.0 Å². The van der Waals surface area contributed by atoms with Gasteiger partial charge in [0.2, 0.25) is 5.85 Å². The van der Waals surface area contributed by atoms with E-state index in [0.29, 0.717) is 0 Å². The fourth-order valence-electron chi connectivity index (χ4n) is 1.41. The maximum Gasteiger partial charge on any atom is 0.366 e. The van der Waals surface area contributed by atoms with E-state index in [-0.39, 0.29) is 24.5 Å². The predicted molar refractivity (Wildman–Crippen MR) is 65.9 cm³/mol. The zero-order chi connectivity index (χ0) is 14.5. The van der Waals surface area contributed by atoms with Crippen LogP contribution in [0.25, 0.3) is 0 Å². The summed E-state index contributed by atoms with van der Waals surface area (Å²) >= 11 is 0. The van der Waals surface area contributed by atoms with Gasteiger partial charge in [-0.25, -0.2) is 4.79 Å². The molecule has 7 nitrogen and oxygen atoms in total. The number of furan rings is 1. The number of methoxy groups -OCH3 is 1. The van der Waals surface area contributed by atoms with Gasteiger partial charge >= 0.3 is 13.6 Å². The number of rotatable bonds is 7. The van der Waals surface area contributed by atoms with Crippen LogP contribution in [0.1, 0.15) is 35.8 Å². The van der Waals surface area contributed by atoms with E-state index in [1.165, 1.54) is 13.2 Å². The number of aliphatic hydroxyl groups excluding tert-OH is 1. The van der Waals surface area contributed by atoms with E-state index in [1.807, 2.05) is 0 Å². The smallest absolute Gasteiger partial charge is 0.366 e. The zero-order valence-corrected chi connectivity index (χ0v) is 11.9. The van der Waals surface area contributed by atoms with Crippen molar-refractivity contribution in [3.8, 4) is 0 Å². The van der Waals surface area contributed by atoms with Gasteiger partial charge in [-0.3, -0.25) is 4.57 Å². The highest BCUT2D eigenvalue weighted by molar-refractivity contribution is 7.54. The molecule has 0 saturated carbocycles. The Kier molecular flexibility index (Phi) is 5.75. The maximum absolute atomic E-state index is 12.3. The molecule has 1 aromatic rings. The van der Waals surface area contributed by atoms with Crippen LogP contribution in [0, 0.1) is 0 Å². The van der Waals surface area contributed by atoms with Crippen LogP contribution < -0.4 is 0 Å². The normalized spacial score (nSPS) is 13.3. The van der Waals surface area contributed by atoms with E-state index in [1.54, 1.807) is 13.8 Å². The quantitative estimate of drug-likeness (QED) is 0.608. The van der Waals surface area contributed by atoms with Crippen molar-refractivity contribution in [2.24, 2.45) is 0 Å². The van der Waals surface area contributed by atoms with Crippen molar-refractivity contribution >= 4 is 13.6 Å². The molecule has 1 rings (SSSR count). The Bertz CT molecular complexity index is 457. The molecular formula is C11H17O7P. The van der Waals surface area contributed by atoms with Gasteiger partial charge in [0.25, 0.3) is 0 Å². The van der Waals surface area contributed by atoms with Crippen molar-refractivity contribution in [1.29, 1.82) is 0 Å². The molecule has 0 spiro atoms. The first-order chi connectivity index (χ1) is 8.98. The molecule has 108 valence electrons. The van der Waals surface area contributed by atoms with Crippen LogP contribution in [-0.4, -0.2) is 31.4 Å². The molecule has 0 aromatic carbocycles. The highest BCUT2D eigenvalue weighted by atomic mass is 31.2. The first-order valence-corrected chi connectivity index (χ1v) is 7.33. The molecule has 0 radical (unpaired) electrons. The Hall–Kier alpha value is -1.14. The van der Waals surface area contributed by atoms with Crippen molar-refractivity contribution in [2.75, 3.05) is 20.3 Å². The molecule has 0 aliphatic carbocycles. The highest BCUT2D eigenvalue weighted by Gasteiger charge is 2.38. The van der Waals surface area contributed by atoms with Crippen LogP contribution >= 0.6 is 7.60 Å². The summed E-state index contributed by atoms with van der Waals surface area (Å²) in [4.78, 5) is 11.3. The molecule has 1 heterocycles. The van der Waals surface area contributed by atoms with Crippen molar-refractivity contribution in [1.82, 2.24) is 0 Å². The van der Waals surface area contributed by atoms with E-state index in [0.717, 1.165) is 6.26 Å². The summed E-state index contributed by atoms with van der Waals surface area (Å²) in [6.45, 7) is 3.47. The highest BCUT2D eigenvalue weighted by Crippen LogP contribution is 2.59. The number of hydrogen-bond donors (Lipinski definition) is 1. The molecule has 1 aromatic heterocycles. The lowest BCUT2D eigenvalue weighted by atomic mass is 10.3. The largest absolute Gasteiger partial charge is 0.465 e. The monoisotopic (exact) mass is 292 g/mol. The third-order valence-corrected chi connectivity index (χ3v) is 4.30. The minimum absolute atomic E-state index is 0.0781. The molecule has 0 amide bonds. The molecule has 0 fully saturated rings. The Labute approximate surface area is 111 Å². The molecule has 0 bridgehead atoms. The van der Waals surface area contributed by atoms with Crippen molar-refractivity contribution in [2.45, 2.75) is 19.7 Å². The van der Waals surface area contributed by atoms with Crippen molar-refractivity contribution in [3.05, 3.63) is 23.7 Å². The van der Waals surface area contributed by atoms with Crippen LogP contribution in [0.3, 0.4) is 0 Å². The Morgan fingerprint density at radius 3 is 2.47 bits per heavy atom. The fraction of sp³-hybridized carbons (Fsp3) is 0.545. The minimum Gasteiger partial charge on any atom is -0.465 e. The zero-order valence-electron chi connectivity index (χ0n) is 11.0. The summed E-state index contributed by atoms with van der Waals surface area (Å²) in [5.74, 6) is -2.29. The van der Waals surface area contributed by atoms with E-state index in [2.05, 4.69) is 4.74 Å². The molecule has 1 atom stereocenters. The predicted octanol–water partition coefficient (Wildman–Crippen LogP) is 2.32.